The maximum Gasteiger partial charge on any atom is 0.272 e. The third kappa shape index (κ3) is 4.94. The summed E-state index contributed by atoms with van der Waals surface area (Å²) < 4.78 is 11.8. The van der Waals surface area contributed by atoms with Crippen molar-refractivity contribution >= 4 is 11.8 Å². The Labute approximate surface area is 170 Å². The van der Waals surface area contributed by atoms with Gasteiger partial charge in [0.2, 0.25) is 5.91 Å². The molecule has 29 heavy (non-hydrogen) atoms. The summed E-state index contributed by atoms with van der Waals surface area (Å²) >= 11 is 0. The second-order valence-electron chi connectivity index (χ2n) is 8.20. The highest BCUT2D eigenvalue weighted by molar-refractivity contribution is 5.92. The Bertz CT molecular complexity index is 712. The molecule has 1 aliphatic carbocycles. The van der Waals surface area contributed by atoms with Gasteiger partial charge in [-0.1, -0.05) is 6.07 Å². The molecule has 3 fully saturated rings. The molecule has 4 atom stereocenters. The summed E-state index contributed by atoms with van der Waals surface area (Å²) in [6.45, 7) is 0.604. The van der Waals surface area contributed by atoms with Crippen molar-refractivity contribution in [3.05, 3.63) is 30.1 Å². The van der Waals surface area contributed by atoms with Crippen molar-refractivity contribution in [3.8, 4) is 0 Å². The number of amides is 2. The van der Waals surface area contributed by atoms with Crippen LogP contribution in [0.1, 0.15) is 49.0 Å². The van der Waals surface area contributed by atoms with Crippen LogP contribution in [0.5, 0.6) is 0 Å². The minimum Gasteiger partial charge on any atom is -0.389 e. The monoisotopic (exact) mass is 403 g/mol. The second kappa shape index (κ2) is 9.19. The van der Waals surface area contributed by atoms with Crippen molar-refractivity contribution in [2.75, 3.05) is 19.8 Å². The van der Waals surface area contributed by atoms with Crippen LogP contribution in [-0.4, -0.2) is 77.0 Å². The zero-order valence-corrected chi connectivity index (χ0v) is 16.5. The van der Waals surface area contributed by atoms with Crippen LogP contribution in [0.15, 0.2) is 24.4 Å². The van der Waals surface area contributed by atoms with Gasteiger partial charge in [-0.2, -0.15) is 0 Å². The van der Waals surface area contributed by atoms with E-state index < -0.39 is 6.10 Å². The number of pyridine rings is 1. The fourth-order valence-electron chi connectivity index (χ4n) is 4.26. The molecular formula is C21H29N3O5. The zero-order chi connectivity index (χ0) is 20.2. The third-order valence-corrected chi connectivity index (χ3v) is 6.01. The number of carbonyl (C=O) groups excluding carboxylic acids is 2. The number of hydrogen-bond donors (Lipinski definition) is 2. The Balaban J connectivity index is 1.42. The average molecular weight is 403 g/mol. The SMILES string of the molecule is O=C(C[C@@H]1CC[C@@H]2[C@H](COC[C@H](O)CN2C(=O)c2ccccn2)O1)NC1CCC1. The summed E-state index contributed by atoms with van der Waals surface area (Å²) in [6.07, 6.45) is 5.32. The number of nitrogens with zero attached hydrogens (tertiary/aromatic N) is 2. The fourth-order valence-corrected chi connectivity index (χ4v) is 4.26. The first-order valence-electron chi connectivity index (χ1n) is 10.5. The molecule has 0 bridgehead atoms. The number of aliphatic hydroxyl groups excluding tert-OH is 1. The van der Waals surface area contributed by atoms with Gasteiger partial charge in [-0.05, 0) is 44.2 Å². The quantitative estimate of drug-likeness (QED) is 0.774. The first-order chi connectivity index (χ1) is 14.1. The maximum absolute atomic E-state index is 13.1. The number of nitrogens with one attached hydrogen (secondary N) is 1. The summed E-state index contributed by atoms with van der Waals surface area (Å²) in [5.41, 5.74) is 0.349. The van der Waals surface area contributed by atoms with Crippen LogP contribution in [0, 0.1) is 0 Å². The van der Waals surface area contributed by atoms with E-state index in [-0.39, 0.29) is 49.8 Å². The lowest BCUT2D eigenvalue weighted by Gasteiger charge is -2.44. The maximum atomic E-state index is 13.1. The molecule has 3 aliphatic rings. The smallest absolute Gasteiger partial charge is 0.272 e. The summed E-state index contributed by atoms with van der Waals surface area (Å²) in [6, 6.07) is 5.31. The summed E-state index contributed by atoms with van der Waals surface area (Å²) in [4.78, 5) is 31.2. The van der Waals surface area contributed by atoms with E-state index in [4.69, 9.17) is 9.47 Å². The molecule has 0 radical (unpaired) electrons. The average Bonchev–Trinajstić information content (AvgIpc) is 2.68. The highest BCUT2D eigenvalue weighted by atomic mass is 16.5. The molecule has 158 valence electrons. The number of fused-ring (bicyclic) bond motifs is 1. The van der Waals surface area contributed by atoms with E-state index >= 15 is 0 Å². The largest absolute Gasteiger partial charge is 0.389 e. The number of ether oxygens (including phenoxy) is 2. The molecule has 1 saturated carbocycles. The van der Waals surface area contributed by atoms with E-state index in [1.807, 2.05) is 0 Å². The van der Waals surface area contributed by atoms with Gasteiger partial charge in [0.15, 0.2) is 0 Å². The molecular weight excluding hydrogens is 374 g/mol. The van der Waals surface area contributed by atoms with Crippen LogP contribution in [-0.2, 0) is 14.3 Å². The van der Waals surface area contributed by atoms with Crippen LogP contribution in [0.3, 0.4) is 0 Å². The van der Waals surface area contributed by atoms with Gasteiger partial charge in [0.1, 0.15) is 11.8 Å². The van der Waals surface area contributed by atoms with Crippen LogP contribution < -0.4 is 5.32 Å². The second-order valence-corrected chi connectivity index (χ2v) is 8.20. The Morgan fingerprint density at radius 2 is 2.07 bits per heavy atom. The number of carbonyl (C=O) groups is 2. The first-order valence-corrected chi connectivity index (χ1v) is 10.5. The highest BCUT2D eigenvalue weighted by Gasteiger charge is 2.40. The standard InChI is InChI=1S/C21H29N3O5/c25-15-11-24(21(27)17-6-1-2-9-22-17)18-8-7-16(29-19(18)13-28-12-15)10-20(26)23-14-4-3-5-14/h1-2,6,9,14-16,18-19,25H,3-5,7-8,10-13H2,(H,23,26)/t15-,16+,18-,19+/m1/s1. The van der Waals surface area contributed by atoms with Crippen molar-refractivity contribution in [1.82, 2.24) is 15.2 Å². The summed E-state index contributed by atoms with van der Waals surface area (Å²) in [5, 5.41) is 13.3. The molecule has 0 spiro atoms. The van der Waals surface area contributed by atoms with Gasteiger partial charge in [-0.25, -0.2) is 0 Å². The lowest BCUT2D eigenvalue weighted by molar-refractivity contribution is -0.151. The Kier molecular flexibility index (Phi) is 6.42. The number of aliphatic hydroxyl groups is 1. The number of rotatable bonds is 4. The number of β-amino-alcohol motifs (C(OH)–C–C–N with tert-alkyl or cyclic N) is 1. The van der Waals surface area contributed by atoms with E-state index in [1.54, 1.807) is 29.3 Å². The van der Waals surface area contributed by atoms with E-state index in [1.165, 1.54) is 6.42 Å². The minimum absolute atomic E-state index is 0.0294. The number of aromatic nitrogens is 1. The van der Waals surface area contributed by atoms with Gasteiger partial charge in [-0.3, -0.25) is 14.6 Å². The molecule has 2 aliphatic heterocycles. The van der Waals surface area contributed by atoms with Crippen LogP contribution in [0.4, 0.5) is 0 Å². The van der Waals surface area contributed by atoms with Gasteiger partial charge in [0, 0.05) is 18.8 Å². The molecule has 0 aromatic carbocycles. The summed E-state index contributed by atoms with van der Waals surface area (Å²) in [5.74, 6) is -0.187. The molecule has 1 aromatic heterocycles. The highest BCUT2D eigenvalue weighted by Crippen LogP contribution is 2.29. The van der Waals surface area contributed by atoms with Crippen molar-refractivity contribution < 1.29 is 24.2 Å². The molecule has 1 aromatic rings. The van der Waals surface area contributed by atoms with Crippen molar-refractivity contribution in [3.63, 3.8) is 0 Å². The lowest BCUT2D eigenvalue weighted by atomic mass is 9.92. The Morgan fingerprint density at radius 3 is 2.79 bits per heavy atom. The molecule has 2 N–H and O–H groups in total. The van der Waals surface area contributed by atoms with Crippen molar-refractivity contribution in [1.29, 1.82) is 0 Å². The normalized spacial score (nSPS) is 30.4. The van der Waals surface area contributed by atoms with Gasteiger partial charge in [0.25, 0.3) is 5.91 Å². The van der Waals surface area contributed by atoms with Gasteiger partial charge >= 0.3 is 0 Å². The Hall–Kier alpha value is -2.03. The van der Waals surface area contributed by atoms with Crippen molar-refractivity contribution in [2.45, 2.75) is 68.9 Å². The van der Waals surface area contributed by atoms with E-state index in [0.717, 1.165) is 12.8 Å². The van der Waals surface area contributed by atoms with Gasteiger partial charge in [-0.15, -0.1) is 0 Å². The number of hydrogen-bond acceptors (Lipinski definition) is 6. The van der Waals surface area contributed by atoms with Crippen LogP contribution >= 0.6 is 0 Å². The molecule has 8 heteroatoms. The van der Waals surface area contributed by atoms with Crippen molar-refractivity contribution in [2.24, 2.45) is 0 Å². The molecule has 8 nitrogen and oxygen atoms in total. The lowest BCUT2D eigenvalue weighted by Crippen LogP contribution is -2.57. The zero-order valence-electron chi connectivity index (χ0n) is 16.5. The van der Waals surface area contributed by atoms with Crippen LogP contribution in [0.2, 0.25) is 0 Å². The summed E-state index contributed by atoms with van der Waals surface area (Å²) in [7, 11) is 0. The molecule has 4 rings (SSSR count). The fraction of sp³-hybridized carbons (Fsp3) is 0.667. The molecule has 2 amide bonds. The Morgan fingerprint density at radius 1 is 1.21 bits per heavy atom. The predicted octanol–water partition coefficient (Wildman–Crippen LogP) is 0.890. The molecule has 0 unspecified atom stereocenters. The minimum atomic E-state index is -0.755. The first kappa shape index (κ1) is 20.3. The molecule has 3 heterocycles. The van der Waals surface area contributed by atoms with Gasteiger partial charge in [0.05, 0.1) is 37.9 Å². The third-order valence-electron chi connectivity index (χ3n) is 6.01. The predicted molar refractivity (Wildman–Crippen MR) is 104 cm³/mol. The van der Waals surface area contributed by atoms with E-state index in [2.05, 4.69) is 10.3 Å². The van der Waals surface area contributed by atoms with E-state index in [9.17, 15) is 14.7 Å². The molecule has 2 saturated heterocycles. The van der Waals surface area contributed by atoms with Gasteiger partial charge < -0.3 is 24.8 Å². The van der Waals surface area contributed by atoms with E-state index in [0.29, 0.717) is 31.0 Å². The topological polar surface area (TPSA) is 101 Å². The van der Waals surface area contributed by atoms with Crippen LogP contribution in [0.25, 0.3) is 0 Å².